The number of piperazine rings is 1. The number of nitro groups is 1. The zero-order valence-electron chi connectivity index (χ0n) is 18.1. The maximum Gasteiger partial charge on any atom is 0.414 e. The van der Waals surface area contributed by atoms with Crippen LogP contribution >= 0.6 is 11.3 Å². The lowest BCUT2D eigenvalue weighted by Gasteiger charge is -2.41. The van der Waals surface area contributed by atoms with Gasteiger partial charge in [-0.15, -0.1) is 0 Å². The molecule has 10 nitrogen and oxygen atoms in total. The maximum atomic E-state index is 15.3. The average Bonchev–Trinajstić information content (AvgIpc) is 3.39. The molecule has 2 aliphatic heterocycles. The van der Waals surface area contributed by atoms with Gasteiger partial charge < -0.3 is 20.3 Å². The van der Waals surface area contributed by atoms with Crippen LogP contribution in [0.2, 0.25) is 0 Å². The fraction of sp³-hybridized carbons (Fsp3) is 0.429. The molecule has 3 heterocycles. The van der Waals surface area contributed by atoms with E-state index in [4.69, 9.17) is 4.74 Å². The van der Waals surface area contributed by atoms with Crippen LogP contribution in [0.15, 0.2) is 30.3 Å². The van der Waals surface area contributed by atoms with Gasteiger partial charge in [-0.2, -0.15) is 0 Å². The summed E-state index contributed by atoms with van der Waals surface area (Å²) in [6, 6.07) is 7.41. The number of nitrogens with zero attached hydrogens (tertiary/aromatic N) is 3. The van der Waals surface area contributed by atoms with Crippen LogP contribution in [0, 0.1) is 15.9 Å². The number of thiophene rings is 1. The first kappa shape index (κ1) is 22.9. The molecule has 176 valence electrons. The molecule has 0 spiro atoms. The van der Waals surface area contributed by atoms with Gasteiger partial charge >= 0.3 is 11.1 Å². The van der Waals surface area contributed by atoms with E-state index in [2.05, 4.69) is 10.6 Å². The summed E-state index contributed by atoms with van der Waals surface area (Å²) in [7, 11) is 0. The van der Waals surface area contributed by atoms with E-state index in [0.717, 1.165) is 16.2 Å². The second-order valence-corrected chi connectivity index (χ2v) is 9.10. The predicted molar refractivity (Wildman–Crippen MR) is 121 cm³/mol. The molecule has 2 saturated heterocycles. The van der Waals surface area contributed by atoms with Crippen LogP contribution < -0.4 is 20.4 Å². The molecule has 12 heteroatoms. The lowest BCUT2D eigenvalue weighted by molar-refractivity contribution is -0.380. The molecule has 4 rings (SSSR count). The number of halogens is 1. The van der Waals surface area contributed by atoms with Gasteiger partial charge in [-0.1, -0.05) is 11.3 Å². The molecule has 1 aromatic heterocycles. The van der Waals surface area contributed by atoms with Gasteiger partial charge in [0.15, 0.2) is 0 Å². The minimum Gasteiger partial charge on any atom is -0.442 e. The summed E-state index contributed by atoms with van der Waals surface area (Å²) < 4.78 is 20.6. The van der Waals surface area contributed by atoms with Gasteiger partial charge in [0.05, 0.1) is 35.4 Å². The van der Waals surface area contributed by atoms with Crippen molar-refractivity contribution in [2.45, 2.75) is 32.0 Å². The Bertz CT molecular complexity index is 1080. The van der Waals surface area contributed by atoms with E-state index in [0.29, 0.717) is 24.5 Å². The van der Waals surface area contributed by atoms with Gasteiger partial charge in [-0.3, -0.25) is 19.8 Å². The summed E-state index contributed by atoms with van der Waals surface area (Å²) in [6.07, 6.45) is -1.12. The van der Waals surface area contributed by atoms with Crippen LogP contribution in [0.4, 0.5) is 25.6 Å². The van der Waals surface area contributed by atoms with Crippen LogP contribution in [0.25, 0.3) is 0 Å². The second-order valence-electron chi connectivity index (χ2n) is 8.00. The third-order valence-corrected chi connectivity index (χ3v) is 6.83. The number of anilines is 2. The van der Waals surface area contributed by atoms with Crippen molar-refractivity contribution in [3.63, 3.8) is 0 Å². The number of ether oxygens (including phenoxy) is 1. The number of rotatable bonds is 6. The number of hydrogen-bond donors (Lipinski definition) is 2. The van der Waals surface area contributed by atoms with E-state index in [1.807, 2.05) is 11.8 Å². The van der Waals surface area contributed by atoms with Crippen molar-refractivity contribution in [2.24, 2.45) is 0 Å². The van der Waals surface area contributed by atoms with Gasteiger partial charge in [0.2, 0.25) is 5.91 Å². The molecule has 3 unspecified atom stereocenters. The van der Waals surface area contributed by atoms with E-state index < -0.39 is 22.9 Å². The molecule has 2 fully saturated rings. The molecule has 0 aliphatic carbocycles. The minimum absolute atomic E-state index is 0.0416. The largest absolute Gasteiger partial charge is 0.442 e. The van der Waals surface area contributed by atoms with Gasteiger partial charge in [-0.25, -0.2) is 9.18 Å². The zero-order chi connectivity index (χ0) is 23.7. The molecule has 0 saturated carbocycles. The van der Waals surface area contributed by atoms with Crippen LogP contribution in [0.1, 0.15) is 24.8 Å². The minimum atomic E-state index is -0.600. The molecular weight excluding hydrogens is 453 g/mol. The molecular formula is C21H24FN5O5S. The first-order chi connectivity index (χ1) is 15.7. The van der Waals surface area contributed by atoms with E-state index in [1.165, 1.54) is 24.0 Å². The van der Waals surface area contributed by atoms with Crippen molar-refractivity contribution in [1.82, 2.24) is 10.6 Å². The smallest absolute Gasteiger partial charge is 0.414 e. The highest BCUT2D eigenvalue weighted by Crippen LogP contribution is 2.39. The summed E-state index contributed by atoms with van der Waals surface area (Å²) in [5.74, 6) is -0.730. The van der Waals surface area contributed by atoms with Crippen LogP contribution in [0.3, 0.4) is 0 Å². The van der Waals surface area contributed by atoms with Gasteiger partial charge in [0.25, 0.3) is 0 Å². The summed E-state index contributed by atoms with van der Waals surface area (Å²) in [5, 5.41) is 17.1. The monoisotopic (exact) mass is 477 g/mol. The Balaban J connectivity index is 1.56. The molecule has 3 atom stereocenters. The first-order valence-electron chi connectivity index (χ1n) is 10.5. The Morgan fingerprint density at radius 1 is 1.39 bits per heavy atom. The number of carbonyl (C=O) groups excluding carboxylic acids is 2. The third-order valence-electron chi connectivity index (χ3n) is 5.72. The molecule has 0 radical (unpaired) electrons. The zero-order valence-corrected chi connectivity index (χ0v) is 18.9. The van der Waals surface area contributed by atoms with Gasteiger partial charge in [-0.05, 0) is 31.2 Å². The number of nitrogens with one attached hydrogen (secondary N) is 2. The van der Waals surface area contributed by atoms with Crippen LogP contribution in [0.5, 0.6) is 0 Å². The van der Waals surface area contributed by atoms with E-state index >= 15 is 4.39 Å². The molecule has 2 aromatic rings. The Kier molecular flexibility index (Phi) is 6.47. The van der Waals surface area contributed by atoms with E-state index in [9.17, 15) is 19.7 Å². The van der Waals surface area contributed by atoms with Crippen LogP contribution in [-0.4, -0.2) is 55.2 Å². The first-order valence-corrected chi connectivity index (χ1v) is 11.3. The quantitative estimate of drug-likeness (QED) is 0.485. The van der Waals surface area contributed by atoms with Crippen molar-refractivity contribution >= 4 is 39.7 Å². The van der Waals surface area contributed by atoms with E-state index in [-0.39, 0.29) is 36.1 Å². The standard InChI is InChI=1S/C21H24FN5O5S/c1-12-20(18-5-6-19(33-18)27(30)31)25(8-7-23-12)17-4-3-14(9-16(17)22)26-11-15(32-21(26)29)10-24-13(2)28/h3-6,9,12,15,20,23H,7-8,10-11H2,1-2H3,(H,24,28). The summed E-state index contributed by atoms with van der Waals surface area (Å²) >= 11 is 1.08. The number of hydrogen-bond acceptors (Lipinski definition) is 8. The highest BCUT2D eigenvalue weighted by Gasteiger charge is 2.35. The fourth-order valence-electron chi connectivity index (χ4n) is 4.20. The third kappa shape index (κ3) is 4.76. The normalized spacial score (nSPS) is 22.9. The molecule has 0 bridgehead atoms. The number of amides is 2. The second kappa shape index (κ2) is 9.32. The summed E-state index contributed by atoms with van der Waals surface area (Å²) in [6.45, 7) is 4.87. The lowest BCUT2D eigenvalue weighted by Crippen LogP contribution is -2.51. The summed E-state index contributed by atoms with van der Waals surface area (Å²) in [5.41, 5.74) is 0.716. The molecule has 2 aliphatic rings. The van der Waals surface area contributed by atoms with E-state index in [1.54, 1.807) is 18.2 Å². The average molecular weight is 478 g/mol. The Labute approximate surface area is 193 Å². The van der Waals surface area contributed by atoms with Crippen molar-refractivity contribution in [3.05, 3.63) is 51.1 Å². The Morgan fingerprint density at radius 3 is 2.85 bits per heavy atom. The molecule has 2 amide bonds. The number of carbonyl (C=O) groups is 2. The Hall–Kier alpha value is -3.25. The van der Waals surface area contributed by atoms with Gasteiger partial charge in [0, 0.05) is 37.0 Å². The summed E-state index contributed by atoms with van der Waals surface area (Å²) in [4.78, 5) is 38.1. The fourth-order valence-corrected chi connectivity index (χ4v) is 5.24. The highest BCUT2D eigenvalue weighted by atomic mass is 32.1. The van der Waals surface area contributed by atoms with Gasteiger partial charge in [0.1, 0.15) is 11.9 Å². The van der Waals surface area contributed by atoms with Crippen molar-refractivity contribution in [3.8, 4) is 0 Å². The van der Waals surface area contributed by atoms with Crippen molar-refractivity contribution in [2.75, 3.05) is 36.0 Å². The predicted octanol–water partition coefficient (Wildman–Crippen LogP) is 2.80. The molecule has 2 N–H and O–H groups in total. The van der Waals surface area contributed by atoms with Crippen molar-refractivity contribution < 1.29 is 23.6 Å². The topological polar surface area (TPSA) is 117 Å². The highest BCUT2D eigenvalue weighted by molar-refractivity contribution is 7.15. The number of benzene rings is 1. The van der Waals surface area contributed by atoms with Crippen LogP contribution in [-0.2, 0) is 9.53 Å². The number of cyclic esters (lactones) is 1. The SMILES string of the molecule is CC(=O)NCC1CN(c2ccc(N3CCNC(C)C3c3ccc([N+](=O)[O-])s3)c(F)c2)C(=O)O1. The lowest BCUT2D eigenvalue weighted by atomic mass is 10.0. The molecule has 1 aromatic carbocycles. The maximum absolute atomic E-state index is 15.3. The van der Waals surface area contributed by atoms with Crippen molar-refractivity contribution in [1.29, 1.82) is 0 Å². The Morgan fingerprint density at radius 2 is 2.18 bits per heavy atom. The molecule has 33 heavy (non-hydrogen) atoms.